The molecule has 1 heterocycles. The summed E-state index contributed by atoms with van der Waals surface area (Å²) in [6.07, 6.45) is 8.46. The van der Waals surface area contributed by atoms with Gasteiger partial charge in [-0.15, -0.1) is 0 Å². The zero-order valence-corrected chi connectivity index (χ0v) is 17.8. The average Bonchev–Trinajstić information content (AvgIpc) is 3.10. The van der Waals surface area contributed by atoms with Crippen molar-refractivity contribution in [2.45, 2.75) is 88.9 Å². The van der Waals surface area contributed by atoms with Crippen LogP contribution in [0.4, 0.5) is 0 Å². The van der Waals surface area contributed by atoms with Crippen LogP contribution in [0.2, 0.25) is 19.6 Å². The molecular formula is C22H34O3Si. The minimum absolute atomic E-state index is 0.108. The number of rotatable bonds is 7. The first-order valence-electron chi connectivity index (χ1n) is 10.3. The molecule has 0 N–H and O–H groups in total. The van der Waals surface area contributed by atoms with Crippen molar-refractivity contribution in [3.8, 4) is 0 Å². The zero-order valence-electron chi connectivity index (χ0n) is 16.8. The van der Waals surface area contributed by atoms with Crippen molar-refractivity contribution in [2.24, 2.45) is 5.92 Å². The summed E-state index contributed by atoms with van der Waals surface area (Å²) in [4.78, 5) is 13.3. The molecule has 3 atom stereocenters. The largest absolute Gasteiger partial charge is 0.431 e. The van der Waals surface area contributed by atoms with Gasteiger partial charge in [0.2, 0.25) is 5.79 Å². The Labute approximate surface area is 159 Å². The minimum Gasteiger partial charge on any atom is -0.431 e. The van der Waals surface area contributed by atoms with E-state index in [1.54, 1.807) is 0 Å². The molecule has 3 nitrogen and oxygen atoms in total. The second-order valence-corrected chi connectivity index (χ2v) is 14.4. The molecule has 3 unspecified atom stereocenters. The second-order valence-electron chi connectivity index (χ2n) is 9.13. The third kappa shape index (κ3) is 3.50. The number of ether oxygens (including phenoxy) is 2. The Morgan fingerprint density at radius 1 is 1.15 bits per heavy atom. The molecule has 1 saturated heterocycles. The van der Waals surface area contributed by atoms with Crippen LogP contribution in [0.5, 0.6) is 0 Å². The molecule has 0 amide bonds. The molecule has 0 bridgehead atoms. The lowest BCUT2D eigenvalue weighted by atomic mass is 9.95. The van der Waals surface area contributed by atoms with Gasteiger partial charge in [0.1, 0.15) is 0 Å². The molecule has 144 valence electrons. The smallest absolute Gasteiger partial charge is 0.337 e. The van der Waals surface area contributed by atoms with Crippen molar-refractivity contribution in [1.29, 1.82) is 0 Å². The number of carbonyl (C=O) groups is 1. The first-order valence-corrected chi connectivity index (χ1v) is 13.8. The molecule has 0 radical (unpaired) electrons. The minimum atomic E-state index is -1.98. The van der Waals surface area contributed by atoms with Gasteiger partial charge in [-0.25, -0.2) is 4.79 Å². The number of hydrogen-bond donors (Lipinski definition) is 0. The quantitative estimate of drug-likeness (QED) is 0.359. The van der Waals surface area contributed by atoms with Gasteiger partial charge in [0.25, 0.3) is 0 Å². The lowest BCUT2D eigenvalue weighted by Crippen LogP contribution is -2.59. The van der Waals surface area contributed by atoms with Crippen molar-refractivity contribution in [3.63, 3.8) is 0 Å². The molecule has 2 fully saturated rings. The van der Waals surface area contributed by atoms with Crippen molar-refractivity contribution in [3.05, 3.63) is 35.9 Å². The van der Waals surface area contributed by atoms with E-state index in [-0.39, 0.29) is 5.97 Å². The van der Waals surface area contributed by atoms with Gasteiger partial charge in [-0.3, -0.25) is 0 Å². The van der Waals surface area contributed by atoms with E-state index in [1.807, 2.05) is 18.2 Å². The highest BCUT2D eigenvalue weighted by molar-refractivity contribution is 6.82. The summed E-state index contributed by atoms with van der Waals surface area (Å²) in [7, 11) is -1.98. The molecule has 1 aliphatic carbocycles. The Morgan fingerprint density at radius 3 is 2.54 bits per heavy atom. The zero-order chi connectivity index (χ0) is 18.8. The van der Waals surface area contributed by atoms with Crippen LogP contribution in [0.25, 0.3) is 0 Å². The molecule has 1 saturated carbocycles. The van der Waals surface area contributed by atoms with Gasteiger partial charge >= 0.3 is 5.97 Å². The van der Waals surface area contributed by atoms with E-state index in [4.69, 9.17) is 9.47 Å². The molecule has 0 aromatic heterocycles. The fraction of sp³-hybridized carbons (Fsp3) is 0.682. The maximum atomic E-state index is 13.3. The SMILES string of the molecule is CCCCCC1CCCC12OC(=O)C(Cc1ccccc1)([Si](C)(C)C)O2. The monoisotopic (exact) mass is 374 g/mol. The first kappa shape index (κ1) is 19.6. The number of carbonyl (C=O) groups excluding carboxylic acids is 1. The van der Waals surface area contributed by atoms with Crippen LogP contribution in [0, 0.1) is 5.92 Å². The molecule has 1 aromatic rings. The highest BCUT2D eigenvalue weighted by Crippen LogP contribution is 2.52. The van der Waals surface area contributed by atoms with Gasteiger partial charge in [0.05, 0.1) is 8.07 Å². The van der Waals surface area contributed by atoms with E-state index < -0.39 is 19.1 Å². The van der Waals surface area contributed by atoms with Crippen molar-refractivity contribution < 1.29 is 14.3 Å². The predicted octanol–water partition coefficient (Wildman–Crippen LogP) is 5.50. The average molecular weight is 375 g/mol. The molecule has 1 spiro atoms. The maximum absolute atomic E-state index is 13.3. The lowest BCUT2D eigenvalue weighted by molar-refractivity contribution is -0.201. The van der Waals surface area contributed by atoms with Crippen LogP contribution in [0.3, 0.4) is 0 Å². The Hall–Kier alpha value is -1.13. The Kier molecular flexibility index (Phi) is 5.64. The fourth-order valence-electron chi connectivity index (χ4n) is 4.61. The molecule has 2 aliphatic rings. The van der Waals surface area contributed by atoms with E-state index in [9.17, 15) is 4.79 Å². The van der Waals surface area contributed by atoms with E-state index >= 15 is 0 Å². The van der Waals surface area contributed by atoms with Crippen LogP contribution in [-0.2, 0) is 20.7 Å². The Balaban J connectivity index is 1.88. The van der Waals surface area contributed by atoms with Gasteiger partial charge < -0.3 is 9.47 Å². The van der Waals surface area contributed by atoms with E-state index in [0.29, 0.717) is 12.3 Å². The Morgan fingerprint density at radius 2 is 1.88 bits per heavy atom. The van der Waals surface area contributed by atoms with Crippen LogP contribution in [-0.4, -0.2) is 25.1 Å². The van der Waals surface area contributed by atoms with E-state index in [1.165, 1.54) is 19.3 Å². The summed E-state index contributed by atoms with van der Waals surface area (Å²) in [5, 5.41) is -0.776. The first-order chi connectivity index (χ1) is 12.3. The third-order valence-corrected chi connectivity index (χ3v) is 9.21. The van der Waals surface area contributed by atoms with Crippen molar-refractivity contribution >= 4 is 14.0 Å². The van der Waals surface area contributed by atoms with Gasteiger partial charge in [-0.05, 0) is 24.8 Å². The summed E-state index contributed by atoms with van der Waals surface area (Å²) in [5.74, 6) is -0.421. The van der Waals surface area contributed by atoms with Crippen molar-refractivity contribution in [1.82, 2.24) is 0 Å². The van der Waals surface area contributed by atoms with E-state index in [0.717, 1.165) is 31.2 Å². The van der Waals surface area contributed by atoms with Gasteiger partial charge in [-0.1, -0.05) is 76.2 Å². The van der Waals surface area contributed by atoms with Crippen LogP contribution in [0.15, 0.2) is 30.3 Å². The molecule has 3 rings (SSSR count). The number of hydrogen-bond acceptors (Lipinski definition) is 3. The lowest BCUT2D eigenvalue weighted by Gasteiger charge is -2.38. The molecule has 26 heavy (non-hydrogen) atoms. The fourth-order valence-corrected chi connectivity index (χ4v) is 6.48. The van der Waals surface area contributed by atoms with Crippen LogP contribution < -0.4 is 0 Å². The molecular weight excluding hydrogens is 340 g/mol. The summed E-state index contributed by atoms with van der Waals surface area (Å²) in [6.45, 7) is 8.93. The normalized spacial score (nSPS) is 31.5. The number of benzene rings is 1. The van der Waals surface area contributed by atoms with Gasteiger partial charge in [-0.2, -0.15) is 0 Å². The predicted molar refractivity (Wildman–Crippen MR) is 108 cm³/mol. The number of unbranched alkanes of at least 4 members (excludes halogenated alkanes) is 2. The summed E-state index contributed by atoms with van der Waals surface area (Å²) >= 11 is 0. The van der Waals surface area contributed by atoms with Crippen molar-refractivity contribution in [2.75, 3.05) is 0 Å². The summed E-state index contributed by atoms with van der Waals surface area (Å²) in [5.41, 5.74) is 1.16. The summed E-state index contributed by atoms with van der Waals surface area (Å²) in [6, 6.07) is 10.3. The van der Waals surface area contributed by atoms with Gasteiger partial charge in [0.15, 0.2) is 5.22 Å². The van der Waals surface area contributed by atoms with Crippen LogP contribution in [0.1, 0.15) is 57.4 Å². The third-order valence-electron chi connectivity index (χ3n) is 6.31. The molecule has 4 heteroatoms. The summed E-state index contributed by atoms with van der Waals surface area (Å²) < 4.78 is 13.0. The van der Waals surface area contributed by atoms with E-state index in [2.05, 4.69) is 38.7 Å². The highest BCUT2D eigenvalue weighted by Gasteiger charge is 2.66. The topological polar surface area (TPSA) is 35.5 Å². The van der Waals surface area contributed by atoms with Crippen LogP contribution >= 0.6 is 0 Å². The standard InChI is InChI=1S/C22H34O3Si/c1-5-6-8-14-19-15-11-16-21(19)24-20(23)22(25-21,26(2,3)4)17-18-12-9-7-10-13-18/h7,9-10,12-13,19H,5-6,8,11,14-17H2,1-4H3. The molecule has 1 aliphatic heterocycles. The number of esters is 1. The molecule has 1 aromatic carbocycles. The van der Waals surface area contributed by atoms with Gasteiger partial charge in [0, 0.05) is 18.8 Å². The second kappa shape index (κ2) is 7.47. The maximum Gasteiger partial charge on any atom is 0.337 e. The highest BCUT2D eigenvalue weighted by atomic mass is 28.3. The Bertz CT molecular complexity index is 624.